The van der Waals surface area contributed by atoms with Gasteiger partial charge in [0.1, 0.15) is 0 Å². The van der Waals surface area contributed by atoms with E-state index in [1.807, 2.05) is 37.3 Å². The van der Waals surface area contributed by atoms with Crippen LogP contribution in [0.1, 0.15) is 31.0 Å². The fraction of sp³-hybridized carbons (Fsp3) is 0.182. The number of methoxy groups -OCH3 is 1. The highest BCUT2D eigenvalue weighted by atomic mass is 35.5. The molecular formula is C22H19Cl2NO3. The molecular weight excluding hydrogens is 397 g/mol. The van der Waals surface area contributed by atoms with Crippen molar-refractivity contribution in [1.29, 1.82) is 0 Å². The number of amides is 1. The number of allylic oxidation sites excluding steroid dienone is 1. The van der Waals surface area contributed by atoms with Crippen LogP contribution in [0, 0.1) is 0 Å². The van der Waals surface area contributed by atoms with Gasteiger partial charge in [-0.15, -0.1) is 0 Å². The van der Waals surface area contributed by atoms with Gasteiger partial charge in [0.05, 0.1) is 24.3 Å². The van der Waals surface area contributed by atoms with Crippen molar-refractivity contribution in [3.05, 3.63) is 86.5 Å². The molecule has 0 saturated heterocycles. The third kappa shape index (κ3) is 3.71. The molecule has 4 nitrogen and oxygen atoms in total. The van der Waals surface area contributed by atoms with Gasteiger partial charge < -0.3 is 9.64 Å². The molecule has 1 heterocycles. The molecule has 0 N–H and O–H groups in total. The summed E-state index contributed by atoms with van der Waals surface area (Å²) in [5.74, 6) is -0.842. The molecule has 0 aromatic heterocycles. The Morgan fingerprint density at radius 1 is 1.14 bits per heavy atom. The van der Waals surface area contributed by atoms with Gasteiger partial charge in [0.15, 0.2) is 0 Å². The van der Waals surface area contributed by atoms with Crippen molar-refractivity contribution in [1.82, 2.24) is 4.90 Å². The van der Waals surface area contributed by atoms with Crippen LogP contribution >= 0.6 is 23.2 Å². The second kappa shape index (κ2) is 8.21. The van der Waals surface area contributed by atoms with Gasteiger partial charge in [-0.25, -0.2) is 4.79 Å². The molecule has 0 aliphatic carbocycles. The fourth-order valence-electron chi connectivity index (χ4n) is 3.32. The summed E-state index contributed by atoms with van der Waals surface area (Å²) in [5, 5.41) is 0.883. The first-order valence-electron chi connectivity index (χ1n) is 8.70. The van der Waals surface area contributed by atoms with Crippen LogP contribution in [0.15, 0.2) is 65.4 Å². The lowest BCUT2D eigenvalue weighted by atomic mass is 10.0. The van der Waals surface area contributed by atoms with Crippen molar-refractivity contribution in [3.63, 3.8) is 0 Å². The topological polar surface area (TPSA) is 46.6 Å². The van der Waals surface area contributed by atoms with Crippen LogP contribution in [0.5, 0.6) is 0 Å². The number of rotatable bonds is 4. The maximum absolute atomic E-state index is 13.3. The predicted octanol–water partition coefficient (Wildman–Crippen LogP) is 5.43. The quantitative estimate of drug-likeness (QED) is 0.494. The maximum atomic E-state index is 13.3. The summed E-state index contributed by atoms with van der Waals surface area (Å²) in [6, 6.07) is 14.4. The minimum atomic E-state index is -0.565. The third-order valence-electron chi connectivity index (χ3n) is 4.76. The van der Waals surface area contributed by atoms with Crippen LogP contribution in [-0.2, 0) is 14.3 Å². The zero-order valence-corrected chi connectivity index (χ0v) is 17.2. The van der Waals surface area contributed by atoms with Crippen molar-refractivity contribution in [2.75, 3.05) is 7.11 Å². The third-order valence-corrected chi connectivity index (χ3v) is 5.33. The molecule has 3 rings (SSSR count). The van der Waals surface area contributed by atoms with E-state index in [4.69, 9.17) is 27.9 Å². The molecule has 0 unspecified atom stereocenters. The van der Waals surface area contributed by atoms with Gasteiger partial charge in [0.25, 0.3) is 5.91 Å². The molecule has 1 aliphatic heterocycles. The Labute approximate surface area is 174 Å². The molecule has 0 saturated carbocycles. The number of hydrogen-bond acceptors (Lipinski definition) is 3. The number of halogens is 2. The highest BCUT2D eigenvalue weighted by molar-refractivity contribution is 6.35. The zero-order valence-electron chi connectivity index (χ0n) is 15.7. The summed E-state index contributed by atoms with van der Waals surface area (Å²) < 4.78 is 4.93. The van der Waals surface area contributed by atoms with Gasteiger partial charge in [0, 0.05) is 15.7 Å². The number of nitrogens with zero attached hydrogens (tertiary/aromatic N) is 1. The molecule has 144 valence electrons. The van der Waals surface area contributed by atoms with E-state index in [9.17, 15) is 9.59 Å². The molecule has 0 radical (unpaired) electrons. The van der Waals surface area contributed by atoms with Gasteiger partial charge in [-0.3, -0.25) is 4.79 Å². The van der Waals surface area contributed by atoms with Gasteiger partial charge in [-0.1, -0.05) is 59.6 Å². The number of benzene rings is 2. The minimum absolute atomic E-state index is 0.237. The SMILES string of the molecule is COC(=O)C1=C(C)N([C@@H](C)c2ccccc2)C(=O)/C1=C\c1ccc(Cl)cc1Cl. The molecule has 0 spiro atoms. The van der Waals surface area contributed by atoms with Crippen LogP contribution in [0.3, 0.4) is 0 Å². The summed E-state index contributed by atoms with van der Waals surface area (Å²) in [6.45, 7) is 3.66. The molecule has 0 bridgehead atoms. The van der Waals surface area contributed by atoms with Crippen LogP contribution in [0.4, 0.5) is 0 Å². The lowest BCUT2D eigenvalue weighted by Crippen LogP contribution is -2.28. The highest BCUT2D eigenvalue weighted by Gasteiger charge is 2.39. The van der Waals surface area contributed by atoms with Crippen molar-refractivity contribution in [3.8, 4) is 0 Å². The first-order chi connectivity index (χ1) is 13.3. The Hall–Kier alpha value is -2.56. The first kappa shape index (κ1) is 20.2. The van der Waals surface area contributed by atoms with Crippen molar-refractivity contribution in [2.24, 2.45) is 0 Å². The van der Waals surface area contributed by atoms with Crippen LogP contribution in [-0.4, -0.2) is 23.9 Å². The average Bonchev–Trinajstić information content (AvgIpc) is 2.93. The van der Waals surface area contributed by atoms with Crippen LogP contribution in [0.25, 0.3) is 6.08 Å². The van der Waals surface area contributed by atoms with Crippen LogP contribution < -0.4 is 0 Å². The first-order valence-corrected chi connectivity index (χ1v) is 9.45. The summed E-state index contributed by atoms with van der Waals surface area (Å²) >= 11 is 12.2. The van der Waals surface area contributed by atoms with E-state index in [1.165, 1.54) is 7.11 Å². The summed E-state index contributed by atoms with van der Waals surface area (Å²) in [6.07, 6.45) is 1.61. The van der Waals surface area contributed by atoms with E-state index in [1.54, 1.807) is 36.1 Å². The van der Waals surface area contributed by atoms with E-state index < -0.39 is 5.97 Å². The second-order valence-electron chi connectivity index (χ2n) is 6.44. The number of ether oxygens (including phenoxy) is 1. The summed E-state index contributed by atoms with van der Waals surface area (Å²) in [7, 11) is 1.29. The minimum Gasteiger partial charge on any atom is -0.465 e. The number of esters is 1. The smallest absolute Gasteiger partial charge is 0.340 e. The number of hydrogen-bond donors (Lipinski definition) is 0. The molecule has 1 amide bonds. The lowest BCUT2D eigenvalue weighted by molar-refractivity contribution is -0.136. The average molecular weight is 416 g/mol. The molecule has 1 aliphatic rings. The Kier molecular flexibility index (Phi) is 5.92. The van der Waals surface area contributed by atoms with Gasteiger partial charge in [-0.2, -0.15) is 0 Å². The fourth-order valence-corrected chi connectivity index (χ4v) is 3.78. The molecule has 6 heteroatoms. The van der Waals surface area contributed by atoms with Gasteiger partial charge in [-0.05, 0) is 43.2 Å². The predicted molar refractivity (Wildman–Crippen MR) is 111 cm³/mol. The Morgan fingerprint density at radius 3 is 2.43 bits per heavy atom. The van der Waals surface area contributed by atoms with Crippen LogP contribution in [0.2, 0.25) is 10.0 Å². The molecule has 1 atom stereocenters. The maximum Gasteiger partial charge on any atom is 0.340 e. The standard InChI is InChI=1S/C22H19Cl2NO3/c1-13(15-7-5-4-6-8-15)25-14(2)20(22(27)28-3)18(21(25)26)11-16-9-10-17(23)12-19(16)24/h4-13H,1-3H3/b18-11-/t13-/m0/s1. The largest absolute Gasteiger partial charge is 0.465 e. The second-order valence-corrected chi connectivity index (χ2v) is 7.28. The Balaban J connectivity index is 2.11. The molecule has 28 heavy (non-hydrogen) atoms. The Bertz CT molecular complexity index is 996. The summed E-state index contributed by atoms with van der Waals surface area (Å²) in [4.78, 5) is 27.4. The van der Waals surface area contributed by atoms with Crippen molar-refractivity contribution in [2.45, 2.75) is 19.9 Å². The van der Waals surface area contributed by atoms with E-state index >= 15 is 0 Å². The van der Waals surface area contributed by atoms with Gasteiger partial charge in [0.2, 0.25) is 0 Å². The van der Waals surface area contributed by atoms with Crippen molar-refractivity contribution < 1.29 is 14.3 Å². The van der Waals surface area contributed by atoms with Gasteiger partial charge >= 0.3 is 5.97 Å². The van der Waals surface area contributed by atoms with E-state index in [2.05, 4.69) is 0 Å². The van der Waals surface area contributed by atoms with E-state index in [0.29, 0.717) is 21.3 Å². The summed E-state index contributed by atoms with van der Waals surface area (Å²) in [5.41, 5.74) is 2.59. The molecule has 2 aromatic carbocycles. The highest BCUT2D eigenvalue weighted by Crippen LogP contribution is 2.38. The monoisotopic (exact) mass is 415 g/mol. The van der Waals surface area contributed by atoms with E-state index in [0.717, 1.165) is 5.56 Å². The molecule has 2 aromatic rings. The number of carbonyl (C=O) groups excluding carboxylic acids is 2. The Morgan fingerprint density at radius 2 is 1.82 bits per heavy atom. The zero-order chi connectivity index (χ0) is 20.4. The molecule has 0 fully saturated rings. The van der Waals surface area contributed by atoms with Crippen molar-refractivity contribution >= 4 is 41.2 Å². The lowest BCUT2D eigenvalue weighted by Gasteiger charge is -2.26. The van der Waals surface area contributed by atoms with E-state index in [-0.39, 0.29) is 23.1 Å². The normalized spacial score (nSPS) is 16.7. The number of carbonyl (C=O) groups is 2.